The molecule has 0 heterocycles. The lowest BCUT2D eigenvalue weighted by molar-refractivity contribution is -0.173. The fourth-order valence-corrected chi connectivity index (χ4v) is 4.50. The SMILES string of the molecule is CON(C)C(=O)[C@]1(NC(=O)OC(C)(C)C)C[C@H]1COCc1ccccc1.C[C@@]1(C=O)C[C@H]1COCc1ccccc1. The number of ether oxygens (including phenoxy) is 3. The summed E-state index contributed by atoms with van der Waals surface area (Å²) in [5.74, 6) is -0.0262. The summed E-state index contributed by atoms with van der Waals surface area (Å²) < 4.78 is 16.6. The number of nitrogens with zero attached hydrogens (tertiary/aromatic N) is 1. The van der Waals surface area contributed by atoms with Gasteiger partial charge in [0, 0.05) is 18.4 Å². The molecule has 2 aromatic rings. The van der Waals surface area contributed by atoms with Gasteiger partial charge in [-0.05, 0) is 50.7 Å². The third kappa shape index (κ3) is 9.66. The molecule has 2 aromatic carbocycles. The van der Waals surface area contributed by atoms with Crippen molar-refractivity contribution in [3.8, 4) is 0 Å². The topological polar surface area (TPSA) is 103 Å². The highest BCUT2D eigenvalue weighted by atomic mass is 16.7. The van der Waals surface area contributed by atoms with Crippen LogP contribution in [-0.4, -0.2) is 61.9 Å². The second-order valence-electron chi connectivity index (χ2n) is 12.0. The molecule has 41 heavy (non-hydrogen) atoms. The Morgan fingerprint density at radius 3 is 1.88 bits per heavy atom. The van der Waals surface area contributed by atoms with Gasteiger partial charge in [0.05, 0.1) is 33.5 Å². The zero-order chi connectivity index (χ0) is 30.1. The van der Waals surface area contributed by atoms with Crippen molar-refractivity contribution in [1.82, 2.24) is 10.4 Å². The standard InChI is InChI=1S/C19H28N2O5.C13H16O2/c1-18(2,3)26-17(23)20-19(16(22)21(4)24-5)11-15(19)13-25-12-14-9-7-6-8-10-14;1-13(10-14)7-12(13)9-15-8-11-5-3-2-4-6-11/h6-10,15H,11-13H2,1-5H3,(H,20,23);2-6,10,12H,7-9H2,1H3/t15-,19-;12-,13-/m00/s1. The van der Waals surface area contributed by atoms with Gasteiger partial charge in [0.25, 0.3) is 5.91 Å². The Morgan fingerprint density at radius 2 is 1.44 bits per heavy atom. The van der Waals surface area contributed by atoms with Crippen LogP contribution in [0.2, 0.25) is 0 Å². The summed E-state index contributed by atoms with van der Waals surface area (Å²) in [7, 11) is 2.92. The summed E-state index contributed by atoms with van der Waals surface area (Å²) >= 11 is 0. The zero-order valence-corrected chi connectivity index (χ0v) is 25.1. The number of carbonyl (C=O) groups is 3. The van der Waals surface area contributed by atoms with E-state index in [2.05, 4.69) is 5.32 Å². The van der Waals surface area contributed by atoms with Gasteiger partial charge in [0.1, 0.15) is 17.4 Å². The lowest BCUT2D eigenvalue weighted by Gasteiger charge is -2.26. The van der Waals surface area contributed by atoms with Crippen molar-refractivity contribution in [2.45, 2.75) is 64.9 Å². The van der Waals surface area contributed by atoms with Gasteiger partial charge in [-0.3, -0.25) is 9.63 Å². The number of aldehydes is 1. The fourth-order valence-electron chi connectivity index (χ4n) is 4.50. The zero-order valence-electron chi connectivity index (χ0n) is 25.1. The van der Waals surface area contributed by atoms with E-state index in [1.807, 2.05) is 67.6 Å². The normalized spacial score (nSPS) is 24.3. The van der Waals surface area contributed by atoms with Crippen LogP contribution < -0.4 is 5.32 Å². The summed E-state index contributed by atoms with van der Waals surface area (Å²) in [5, 5.41) is 3.84. The highest BCUT2D eigenvalue weighted by molar-refractivity contribution is 5.93. The molecule has 0 bridgehead atoms. The second-order valence-corrected chi connectivity index (χ2v) is 12.0. The van der Waals surface area contributed by atoms with Gasteiger partial charge in [-0.15, -0.1) is 0 Å². The minimum absolute atomic E-state index is 0.101. The van der Waals surface area contributed by atoms with E-state index in [1.54, 1.807) is 20.8 Å². The minimum Gasteiger partial charge on any atom is -0.444 e. The van der Waals surface area contributed by atoms with Crippen molar-refractivity contribution in [1.29, 1.82) is 0 Å². The van der Waals surface area contributed by atoms with E-state index in [0.29, 0.717) is 38.8 Å². The number of rotatable bonds is 12. The molecular formula is C32H44N2O7. The van der Waals surface area contributed by atoms with Crippen molar-refractivity contribution in [3.63, 3.8) is 0 Å². The predicted molar refractivity (Wildman–Crippen MR) is 154 cm³/mol. The largest absolute Gasteiger partial charge is 0.444 e. The van der Waals surface area contributed by atoms with Crippen LogP contribution >= 0.6 is 0 Å². The van der Waals surface area contributed by atoms with Crippen LogP contribution in [-0.2, 0) is 41.9 Å². The van der Waals surface area contributed by atoms with E-state index in [9.17, 15) is 14.4 Å². The average Bonchev–Trinajstić information content (AvgIpc) is 3.83. The van der Waals surface area contributed by atoms with Crippen LogP contribution in [0.5, 0.6) is 0 Å². The molecule has 0 saturated heterocycles. The molecule has 2 amide bonds. The number of carbonyl (C=O) groups excluding carboxylic acids is 3. The third-order valence-corrected chi connectivity index (χ3v) is 7.36. The molecule has 0 radical (unpaired) electrons. The molecule has 2 aliphatic rings. The number of hydrogen-bond acceptors (Lipinski definition) is 7. The van der Waals surface area contributed by atoms with Gasteiger partial charge in [0.15, 0.2) is 0 Å². The predicted octanol–water partition coefficient (Wildman–Crippen LogP) is 4.93. The van der Waals surface area contributed by atoms with E-state index >= 15 is 0 Å². The van der Waals surface area contributed by atoms with Crippen LogP contribution in [0, 0.1) is 17.3 Å². The number of nitrogens with one attached hydrogen (secondary N) is 1. The number of alkyl carbamates (subject to hydrolysis) is 1. The van der Waals surface area contributed by atoms with Crippen molar-refractivity contribution >= 4 is 18.3 Å². The van der Waals surface area contributed by atoms with Gasteiger partial charge < -0.3 is 24.3 Å². The lowest BCUT2D eigenvalue weighted by Crippen LogP contribution is -2.52. The minimum atomic E-state index is -1.05. The molecule has 4 rings (SSSR count). The Balaban J connectivity index is 0.000000260. The third-order valence-electron chi connectivity index (χ3n) is 7.36. The molecule has 2 saturated carbocycles. The summed E-state index contributed by atoms with van der Waals surface area (Å²) in [6.45, 7) is 9.47. The molecule has 0 aliphatic heterocycles. The first-order chi connectivity index (χ1) is 19.4. The van der Waals surface area contributed by atoms with Gasteiger partial charge in [0.2, 0.25) is 0 Å². The van der Waals surface area contributed by atoms with Gasteiger partial charge in [-0.25, -0.2) is 9.86 Å². The molecule has 9 heteroatoms. The number of hydrogen-bond donors (Lipinski definition) is 1. The van der Waals surface area contributed by atoms with Crippen LogP contribution in [0.4, 0.5) is 4.79 Å². The van der Waals surface area contributed by atoms with E-state index in [4.69, 9.17) is 19.0 Å². The van der Waals surface area contributed by atoms with E-state index < -0.39 is 17.2 Å². The maximum Gasteiger partial charge on any atom is 0.408 e. The molecule has 0 spiro atoms. The van der Waals surface area contributed by atoms with E-state index in [-0.39, 0.29) is 17.2 Å². The van der Waals surface area contributed by atoms with E-state index in [0.717, 1.165) is 23.3 Å². The lowest BCUT2D eigenvalue weighted by atomic mass is 10.1. The van der Waals surface area contributed by atoms with Crippen LogP contribution in [0.25, 0.3) is 0 Å². The highest BCUT2D eigenvalue weighted by Crippen LogP contribution is 2.50. The van der Waals surface area contributed by atoms with Crippen molar-refractivity contribution < 1.29 is 33.4 Å². The molecule has 9 nitrogen and oxygen atoms in total. The number of likely N-dealkylation sites (N-methyl/N-ethyl adjacent to an activating group) is 1. The summed E-state index contributed by atoms with van der Waals surface area (Å²) in [5.41, 5.74) is 0.445. The molecule has 2 aliphatic carbocycles. The maximum absolute atomic E-state index is 12.7. The molecule has 0 unspecified atom stereocenters. The summed E-state index contributed by atoms with van der Waals surface area (Å²) in [6.07, 6.45) is 1.89. The Kier molecular flexibility index (Phi) is 11.1. The molecule has 4 atom stereocenters. The number of amides is 2. The smallest absolute Gasteiger partial charge is 0.408 e. The number of benzene rings is 2. The Labute approximate surface area is 243 Å². The van der Waals surface area contributed by atoms with Gasteiger partial charge >= 0.3 is 6.09 Å². The fraction of sp³-hybridized carbons (Fsp3) is 0.531. The first-order valence-corrected chi connectivity index (χ1v) is 14.0. The van der Waals surface area contributed by atoms with Gasteiger partial charge in [-0.1, -0.05) is 67.6 Å². The monoisotopic (exact) mass is 568 g/mol. The van der Waals surface area contributed by atoms with E-state index in [1.165, 1.54) is 19.7 Å². The molecule has 1 N–H and O–H groups in total. The highest BCUT2D eigenvalue weighted by Gasteiger charge is 2.63. The van der Waals surface area contributed by atoms with Crippen molar-refractivity contribution in [3.05, 3.63) is 71.8 Å². The van der Waals surface area contributed by atoms with Crippen molar-refractivity contribution in [2.24, 2.45) is 17.3 Å². The van der Waals surface area contributed by atoms with Gasteiger partial charge in [-0.2, -0.15) is 0 Å². The second kappa shape index (κ2) is 14.1. The molecule has 2 fully saturated rings. The van der Waals surface area contributed by atoms with Crippen LogP contribution in [0.1, 0.15) is 51.7 Å². The van der Waals surface area contributed by atoms with Crippen LogP contribution in [0.15, 0.2) is 60.7 Å². The first kappa shape index (κ1) is 32.2. The quantitative estimate of drug-likeness (QED) is 0.286. The summed E-state index contributed by atoms with van der Waals surface area (Å²) in [6, 6.07) is 19.9. The Morgan fingerprint density at radius 1 is 0.927 bits per heavy atom. The molecule has 224 valence electrons. The van der Waals surface area contributed by atoms with Crippen molar-refractivity contribution in [2.75, 3.05) is 27.4 Å². The average molecular weight is 569 g/mol. The molecule has 0 aromatic heterocycles. The summed E-state index contributed by atoms with van der Waals surface area (Å²) in [4.78, 5) is 40.5. The number of hydroxylamine groups is 2. The maximum atomic E-state index is 12.7. The Bertz CT molecular complexity index is 1140. The molecular weight excluding hydrogens is 524 g/mol. The first-order valence-electron chi connectivity index (χ1n) is 14.0. The Hall–Kier alpha value is -3.27. The van der Waals surface area contributed by atoms with Crippen LogP contribution in [0.3, 0.4) is 0 Å².